The fraction of sp³-hybridized carbons (Fsp3) is 0.238. The van der Waals surface area contributed by atoms with Crippen LogP contribution in [0.1, 0.15) is 12.1 Å². The third-order valence-electron chi connectivity index (χ3n) is 4.01. The number of nitrogens with zero attached hydrogens (tertiary/aromatic N) is 2. The summed E-state index contributed by atoms with van der Waals surface area (Å²) >= 11 is 5.97. The fourth-order valence-corrected chi connectivity index (χ4v) is 2.78. The number of benzene rings is 2. The summed E-state index contributed by atoms with van der Waals surface area (Å²) in [5, 5.41) is 0.611. The van der Waals surface area contributed by atoms with Gasteiger partial charge in [-0.15, -0.1) is 0 Å². The van der Waals surface area contributed by atoms with Crippen molar-refractivity contribution in [2.24, 2.45) is 0 Å². The lowest BCUT2D eigenvalue weighted by Gasteiger charge is -2.12. The molecule has 29 heavy (non-hydrogen) atoms. The molecule has 3 rings (SSSR count). The van der Waals surface area contributed by atoms with Crippen molar-refractivity contribution in [1.82, 2.24) is 9.97 Å². The summed E-state index contributed by atoms with van der Waals surface area (Å²) in [6, 6.07) is 13.9. The van der Waals surface area contributed by atoms with E-state index in [2.05, 4.69) is 9.97 Å². The van der Waals surface area contributed by atoms with Crippen molar-refractivity contribution >= 4 is 11.6 Å². The molecular weight excluding hydrogens is 405 g/mol. The first-order chi connectivity index (χ1) is 13.9. The summed E-state index contributed by atoms with van der Waals surface area (Å²) in [6.45, 7) is -0.123. The van der Waals surface area contributed by atoms with Crippen molar-refractivity contribution in [1.29, 1.82) is 0 Å². The number of aromatic nitrogens is 2. The molecule has 0 saturated carbocycles. The predicted octanol–water partition coefficient (Wildman–Crippen LogP) is 5.94. The van der Waals surface area contributed by atoms with Crippen molar-refractivity contribution in [2.45, 2.75) is 19.2 Å². The van der Waals surface area contributed by atoms with Gasteiger partial charge in [0.05, 0.1) is 42.9 Å². The summed E-state index contributed by atoms with van der Waals surface area (Å²) in [7, 11) is 1.57. The van der Waals surface area contributed by atoms with Gasteiger partial charge in [-0.2, -0.15) is 13.2 Å². The first kappa shape index (κ1) is 21.1. The molecule has 4 nitrogen and oxygen atoms in total. The first-order valence-electron chi connectivity index (χ1n) is 8.76. The van der Waals surface area contributed by atoms with Crippen LogP contribution in [0.2, 0.25) is 5.02 Å². The molecule has 0 spiro atoms. The smallest absolute Gasteiger partial charge is 0.392 e. The molecule has 1 aromatic heterocycles. The molecule has 0 atom stereocenters. The van der Waals surface area contributed by atoms with E-state index in [9.17, 15) is 13.2 Å². The largest absolute Gasteiger partial charge is 0.493 e. The second kappa shape index (κ2) is 9.24. The second-order valence-corrected chi connectivity index (χ2v) is 6.67. The van der Waals surface area contributed by atoms with Gasteiger partial charge in [-0.3, -0.25) is 4.98 Å². The van der Waals surface area contributed by atoms with Crippen LogP contribution in [0.25, 0.3) is 22.5 Å². The summed E-state index contributed by atoms with van der Waals surface area (Å²) < 4.78 is 47.1. The van der Waals surface area contributed by atoms with Crippen molar-refractivity contribution < 1.29 is 22.6 Å². The van der Waals surface area contributed by atoms with E-state index in [0.717, 1.165) is 11.1 Å². The van der Waals surface area contributed by atoms with E-state index < -0.39 is 19.2 Å². The van der Waals surface area contributed by atoms with Crippen LogP contribution in [0.4, 0.5) is 13.2 Å². The standard InChI is InChI=1S/C21H18ClF3N2O2/c1-28-13-17-12-26-19(14-2-6-16(22)7-3-14)20(27-17)15-4-8-18(9-5-15)29-11-10-21(23,24)25/h2-9,12H,10-11,13H2,1H3. The molecule has 0 unspecified atom stereocenters. The van der Waals surface area contributed by atoms with E-state index in [-0.39, 0.29) is 0 Å². The highest BCUT2D eigenvalue weighted by atomic mass is 35.5. The van der Waals surface area contributed by atoms with Crippen LogP contribution in [0, 0.1) is 0 Å². The monoisotopic (exact) mass is 422 g/mol. The Labute approximate surface area is 171 Å². The quantitative estimate of drug-likeness (QED) is 0.472. The van der Waals surface area contributed by atoms with E-state index in [1.54, 1.807) is 49.7 Å². The highest BCUT2D eigenvalue weighted by Gasteiger charge is 2.26. The van der Waals surface area contributed by atoms with Gasteiger partial charge in [0.1, 0.15) is 5.75 Å². The summed E-state index contributed by atoms with van der Waals surface area (Å²) in [4.78, 5) is 9.18. The zero-order valence-corrected chi connectivity index (χ0v) is 16.3. The molecule has 2 aromatic carbocycles. The lowest BCUT2D eigenvalue weighted by atomic mass is 10.0. The molecule has 8 heteroatoms. The maximum absolute atomic E-state index is 12.3. The van der Waals surface area contributed by atoms with Crippen molar-refractivity contribution in [3.8, 4) is 28.3 Å². The van der Waals surface area contributed by atoms with Crippen LogP contribution in [0.15, 0.2) is 54.7 Å². The van der Waals surface area contributed by atoms with E-state index >= 15 is 0 Å². The molecule has 0 saturated heterocycles. The number of alkyl halides is 3. The Balaban J connectivity index is 1.89. The lowest BCUT2D eigenvalue weighted by Crippen LogP contribution is -2.12. The lowest BCUT2D eigenvalue weighted by molar-refractivity contribution is -0.139. The van der Waals surface area contributed by atoms with Crippen LogP contribution in [0.3, 0.4) is 0 Å². The van der Waals surface area contributed by atoms with Crippen molar-refractivity contribution in [2.75, 3.05) is 13.7 Å². The van der Waals surface area contributed by atoms with E-state index in [1.165, 1.54) is 0 Å². The zero-order valence-electron chi connectivity index (χ0n) is 15.5. The Bertz CT molecular complexity index is 946. The van der Waals surface area contributed by atoms with Gasteiger partial charge in [-0.25, -0.2) is 4.98 Å². The topological polar surface area (TPSA) is 44.2 Å². The van der Waals surface area contributed by atoms with Gasteiger partial charge >= 0.3 is 6.18 Å². The SMILES string of the molecule is COCc1cnc(-c2ccc(Cl)cc2)c(-c2ccc(OCCC(F)(F)F)cc2)n1. The first-order valence-corrected chi connectivity index (χ1v) is 9.14. The summed E-state index contributed by atoms with van der Waals surface area (Å²) in [6.07, 6.45) is -3.60. The van der Waals surface area contributed by atoms with Gasteiger partial charge in [0, 0.05) is 23.3 Å². The van der Waals surface area contributed by atoms with Crippen LogP contribution >= 0.6 is 11.6 Å². The Morgan fingerprint density at radius 2 is 1.55 bits per heavy atom. The molecule has 0 aliphatic carbocycles. The third kappa shape index (κ3) is 5.92. The average molecular weight is 423 g/mol. The Morgan fingerprint density at radius 3 is 2.17 bits per heavy atom. The second-order valence-electron chi connectivity index (χ2n) is 6.24. The number of hydrogen-bond acceptors (Lipinski definition) is 4. The highest BCUT2D eigenvalue weighted by Crippen LogP contribution is 2.31. The Kier molecular flexibility index (Phi) is 6.71. The number of methoxy groups -OCH3 is 1. The van der Waals surface area contributed by atoms with Crippen LogP contribution in [-0.4, -0.2) is 29.9 Å². The number of hydrogen-bond donors (Lipinski definition) is 0. The zero-order chi connectivity index (χ0) is 20.9. The van der Waals surface area contributed by atoms with E-state index in [0.29, 0.717) is 34.5 Å². The van der Waals surface area contributed by atoms with Gasteiger partial charge in [0.15, 0.2) is 0 Å². The van der Waals surface area contributed by atoms with Gasteiger partial charge < -0.3 is 9.47 Å². The van der Waals surface area contributed by atoms with Crippen LogP contribution < -0.4 is 4.74 Å². The summed E-state index contributed by atoms with van der Waals surface area (Å²) in [5.74, 6) is 0.354. The molecule has 0 bridgehead atoms. The van der Waals surface area contributed by atoms with Crippen molar-refractivity contribution in [3.05, 3.63) is 65.4 Å². The van der Waals surface area contributed by atoms with Crippen LogP contribution in [-0.2, 0) is 11.3 Å². The average Bonchev–Trinajstić information content (AvgIpc) is 2.69. The minimum Gasteiger partial charge on any atom is -0.493 e. The van der Waals surface area contributed by atoms with Gasteiger partial charge in [-0.05, 0) is 36.4 Å². The molecule has 152 valence electrons. The number of rotatable bonds is 7. The molecule has 0 N–H and O–H groups in total. The third-order valence-corrected chi connectivity index (χ3v) is 4.27. The van der Waals surface area contributed by atoms with Gasteiger partial charge in [-0.1, -0.05) is 23.7 Å². The Morgan fingerprint density at radius 1 is 0.931 bits per heavy atom. The normalized spacial score (nSPS) is 11.5. The number of halogens is 4. The molecular formula is C21H18ClF3N2O2. The fourth-order valence-electron chi connectivity index (χ4n) is 2.66. The summed E-state index contributed by atoms with van der Waals surface area (Å²) in [5.41, 5.74) is 3.54. The maximum atomic E-state index is 12.3. The van der Waals surface area contributed by atoms with Crippen LogP contribution in [0.5, 0.6) is 5.75 Å². The number of ether oxygens (including phenoxy) is 2. The molecule has 1 heterocycles. The van der Waals surface area contributed by atoms with E-state index in [4.69, 9.17) is 21.1 Å². The molecule has 0 aliphatic rings. The van der Waals surface area contributed by atoms with Gasteiger partial charge in [0.2, 0.25) is 0 Å². The van der Waals surface area contributed by atoms with Crippen molar-refractivity contribution in [3.63, 3.8) is 0 Å². The molecule has 3 aromatic rings. The highest BCUT2D eigenvalue weighted by molar-refractivity contribution is 6.30. The van der Waals surface area contributed by atoms with Gasteiger partial charge in [0.25, 0.3) is 0 Å². The Hall–Kier alpha value is -2.64. The van der Waals surface area contributed by atoms with E-state index in [1.807, 2.05) is 12.1 Å². The minimum atomic E-state index is -4.25. The molecule has 0 aliphatic heterocycles. The minimum absolute atomic E-state index is 0.305. The maximum Gasteiger partial charge on any atom is 0.392 e. The predicted molar refractivity (Wildman–Crippen MR) is 105 cm³/mol. The molecule has 0 amide bonds. The molecule has 0 fully saturated rings. The molecule has 0 radical (unpaired) electrons.